The summed E-state index contributed by atoms with van der Waals surface area (Å²) in [4.78, 5) is 23.4. The van der Waals surface area contributed by atoms with E-state index in [2.05, 4.69) is 19.2 Å². The summed E-state index contributed by atoms with van der Waals surface area (Å²) in [7, 11) is 0. The van der Waals surface area contributed by atoms with Crippen molar-refractivity contribution in [3.8, 4) is 0 Å². The largest absolute Gasteiger partial charge is 0.481 e. The number of carboxylic acid groups (broad SMARTS) is 1. The van der Waals surface area contributed by atoms with Crippen LogP contribution in [-0.2, 0) is 9.59 Å². The molecule has 2 N–H and O–H groups in total. The molecular formula is C16H27NO3. The van der Waals surface area contributed by atoms with Crippen LogP contribution in [-0.4, -0.2) is 23.0 Å². The van der Waals surface area contributed by atoms with Crippen molar-refractivity contribution >= 4 is 11.9 Å². The fourth-order valence-electron chi connectivity index (χ4n) is 3.83. The number of amides is 1. The van der Waals surface area contributed by atoms with Gasteiger partial charge in [0.2, 0.25) is 5.91 Å². The molecule has 0 aromatic carbocycles. The zero-order valence-corrected chi connectivity index (χ0v) is 12.6. The van der Waals surface area contributed by atoms with Crippen molar-refractivity contribution in [3.63, 3.8) is 0 Å². The highest BCUT2D eigenvalue weighted by Gasteiger charge is 2.33. The van der Waals surface area contributed by atoms with Crippen LogP contribution in [0.5, 0.6) is 0 Å². The quantitative estimate of drug-likeness (QED) is 0.836. The summed E-state index contributed by atoms with van der Waals surface area (Å²) in [6.07, 6.45) is 6.34. The molecule has 2 aliphatic rings. The van der Waals surface area contributed by atoms with Gasteiger partial charge in [-0.25, -0.2) is 0 Å². The van der Waals surface area contributed by atoms with Gasteiger partial charge in [0.1, 0.15) is 0 Å². The molecule has 0 aromatic heterocycles. The lowest BCUT2D eigenvalue weighted by molar-refractivity contribution is -0.144. The van der Waals surface area contributed by atoms with E-state index in [9.17, 15) is 9.59 Å². The number of rotatable bonds is 3. The molecule has 4 nitrogen and oxygen atoms in total. The van der Waals surface area contributed by atoms with Crippen LogP contribution in [0.2, 0.25) is 0 Å². The van der Waals surface area contributed by atoms with E-state index in [0.717, 1.165) is 31.6 Å². The molecule has 5 unspecified atom stereocenters. The van der Waals surface area contributed by atoms with Crippen molar-refractivity contribution < 1.29 is 14.7 Å². The first kappa shape index (κ1) is 15.3. The third kappa shape index (κ3) is 3.74. The zero-order chi connectivity index (χ0) is 14.7. The average Bonchev–Trinajstić information content (AvgIpc) is 2.42. The number of carbonyl (C=O) groups is 2. The second-order valence-electron chi connectivity index (χ2n) is 6.91. The molecule has 5 atom stereocenters. The molecule has 1 amide bonds. The standard InChI is InChI=1S/C16H27NO3/c1-10-6-7-14(11(2)8-10)17-15(18)12-4-3-5-13(9-12)16(19)20/h10-14H,3-9H2,1-2H3,(H,17,18)(H,19,20). The van der Waals surface area contributed by atoms with Gasteiger partial charge in [0.25, 0.3) is 0 Å². The second kappa shape index (κ2) is 6.59. The second-order valence-corrected chi connectivity index (χ2v) is 6.91. The number of aliphatic carboxylic acids is 1. The van der Waals surface area contributed by atoms with Gasteiger partial charge in [-0.3, -0.25) is 9.59 Å². The first-order valence-electron chi connectivity index (χ1n) is 8.00. The van der Waals surface area contributed by atoms with Crippen molar-refractivity contribution in [2.45, 2.75) is 64.8 Å². The van der Waals surface area contributed by atoms with E-state index < -0.39 is 5.97 Å². The summed E-state index contributed by atoms with van der Waals surface area (Å²) in [6.45, 7) is 4.48. The molecule has 0 heterocycles. The van der Waals surface area contributed by atoms with Gasteiger partial charge in [-0.2, -0.15) is 0 Å². The molecule has 0 aromatic rings. The molecule has 0 bridgehead atoms. The summed E-state index contributed by atoms with van der Waals surface area (Å²) in [5.74, 6) is 0.190. The van der Waals surface area contributed by atoms with Crippen molar-refractivity contribution in [2.75, 3.05) is 0 Å². The summed E-state index contributed by atoms with van der Waals surface area (Å²) in [5, 5.41) is 12.3. The van der Waals surface area contributed by atoms with Crippen LogP contribution in [0.1, 0.15) is 58.8 Å². The smallest absolute Gasteiger partial charge is 0.306 e. The number of nitrogens with one attached hydrogen (secondary N) is 1. The third-order valence-corrected chi connectivity index (χ3v) is 5.15. The minimum atomic E-state index is -0.748. The van der Waals surface area contributed by atoms with Gasteiger partial charge >= 0.3 is 5.97 Å². The van der Waals surface area contributed by atoms with Gasteiger partial charge in [-0.05, 0) is 50.4 Å². The number of carbonyl (C=O) groups excluding carboxylic acids is 1. The van der Waals surface area contributed by atoms with Crippen molar-refractivity contribution in [1.29, 1.82) is 0 Å². The Labute approximate surface area is 121 Å². The minimum absolute atomic E-state index is 0.0855. The van der Waals surface area contributed by atoms with Crippen LogP contribution < -0.4 is 5.32 Å². The molecule has 2 rings (SSSR count). The van der Waals surface area contributed by atoms with Crippen LogP contribution in [0.3, 0.4) is 0 Å². The van der Waals surface area contributed by atoms with Gasteiger partial charge in [0.15, 0.2) is 0 Å². The molecule has 2 saturated carbocycles. The molecule has 2 fully saturated rings. The van der Waals surface area contributed by atoms with Crippen LogP contribution in [0, 0.1) is 23.7 Å². The normalized spacial score (nSPS) is 38.2. The predicted molar refractivity (Wildman–Crippen MR) is 77.2 cm³/mol. The van der Waals surface area contributed by atoms with Gasteiger partial charge in [0, 0.05) is 12.0 Å². The fourth-order valence-corrected chi connectivity index (χ4v) is 3.83. The lowest BCUT2D eigenvalue weighted by atomic mass is 9.78. The minimum Gasteiger partial charge on any atom is -0.481 e. The SMILES string of the molecule is CC1CCC(NC(=O)C2CCCC(C(=O)O)C2)C(C)C1. The van der Waals surface area contributed by atoms with E-state index >= 15 is 0 Å². The Kier molecular flexibility index (Phi) is 5.06. The average molecular weight is 281 g/mol. The lowest BCUT2D eigenvalue weighted by Crippen LogP contribution is -2.46. The van der Waals surface area contributed by atoms with E-state index in [4.69, 9.17) is 5.11 Å². The van der Waals surface area contributed by atoms with Gasteiger partial charge < -0.3 is 10.4 Å². The number of carboxylic acids is 1. The number of hydrogen-bond acceptors (Lipinski definition) is 2. The maximum absolute atomic E-state index is 12.4. The monoisotopic (exact) mass is 281 g/mol. The summed E-state index contributed by atoms with van der Waals surface area (Å²) >= 11 is 0. The Morgan fingerprint density at radius 1 is 1.00 bits per heavy atom. The van der Waals surface area contributed by atoms with Crippen LogP contribution in [0.4, 0.5) is 0 Å². The molecule has 20 heavy (non-hydrogen) atoms. The van der Waals surface area contributed by atoms with Gasteiger partial charge in [0.05, 0.1) is 5.92 Å². The maximum Gasteiger partial charge on any atom is 0.306 e. The molecule has 2 aliphatic carbocycles. The molecule has 4 heteroatoms. The fraction of sp³-hybridized carbons (Fsp3) is 0.875. The van der Waals surface area contributed by atoms with E-state index in [1.54, 1.807) is 0 Å². The molecule has 0 spiro atoms. The van der Waals surface area contributed by atoms with E-state index in [-0.39, 0.29) is 23.8 Å². The Morgan fingerprint density at radius 3 is 2.35 bits per heavy atom. The van der Waals surface area contributed by atoms with E-state index in [1.807, 2.05) is 0 Å². The van der Waals surface area contributed by atoms with Crippen LogP contribution >= 0.6 is 0 Å². The zero-order valence-electron chi connectivity index (χ0n) is 12.6. The third-order valence-electron chi connectivity index (χ3n) is 5.15. The van der Waals surface area contributed by atoms with Crippen molar-refractivity contribution in [1.82, 2.24) is 5.32 Å². The highest BCUT2D eigenvalue weighted by atomic mass is 16.4. The highest BCUT2D eigenvalue weighted by Crippen LogP contribution is 2.32. The van der Waals surface area contributed by atoms with Crippen molar-refractivity contribution in [2.24, 2.45) is 23.7 Å². The molecule has 0 radical (unpaired) electrons. The first-order chi connectivity index (χ1) is 9.47. The van der Waals surface area contributed by atoms with Crippen molar-refractivity contribution in [3.05, 3.63) is 0 Å². The van der Waals surface area contributed by atoms with E-state index in [1.165, 1.54) is 12.8 Å². The number of hydrogen-bond donors (Lipinski definition) is 2. The van der Waals surface area contributed by atoms with Gasteiger partial charge in [-0.15, -0.1) is 0 Å². The Hall–Kier alpha value is -1.06. The summed E-state index contributed by atoms with van der Waals surface area (Å²) in [6, 6.07) is 0.281. The Bertz CT molecular complexity index is 369. The highest BCUT2D eigenvalue weighted by molar-refractivity contribution is 5.80. The predicted octanol–water partition coefficient (Wildman–Crippen LogP) is 2.82. The first-order valence-corrected chi connectivity index (χ1v) is 8.00. The summed E-state index contributed by atoms with van der Waals surface area (Å²) in [5.41, 5.74) is 0. The van der Waals surface area contributed by atoms with E-state index in [0.29, 0.717) is 12.3 Å². The Morgan fingerprint density at radius 2 is 1.70 bits per heavy atom. The lowest BCUT2D eigenvalue weighted by Gasteiger charge is -2.35. The maximum atomic E-state index is 12.4. The topological polar surface area (TPSA) is 66.4 Å². The molecule has 0 aliphatic heterocycles. The molecule has 0 saturated heterocycles. The summed E-state index contributed by atoms with van der Waals surface area (Å²) < 4.78 is 0. The molecular weight excluding hydrogens is 254 g/mol. The van der Waals surface area contributed by atoms with Crippen LogP contribution in [0.15, 0.2) is 0 Å². The Balaban J connectivity index is 1.86. The van der Waals surface area contributed by atoms with Crippen LogP contribution in [0.25, 0.3) is 0 Å². The van der Waals surface area contributed by atoms with Gasteiger partial charge in [-0.1, -0.05) is 20.3 Å². The molecule has 114 valence electrons.